The Morgan fingerprint density at radius 3 is 2.60 bits per heavy atom. The molecule has 108 valence electrons. The van der Waals surface area contributed by atoms with Gasteiger partial charge >= 0.3 is 5.97 Å². The second-order valence-electron chi connectivity index (χ2n) is 4.23. The Kier molecular flexibility index (Phi) is 5.01. The summed E-state index contributed by atoms with van der Waals surface area (Å²) in [5.74, 6) is -2.62. The van der Waals surface area contributed by atoms with Crippen LogP contribution >= 0.6 is 0 Å². The van der Waals surface area contributed by atoms with Crippen LogP contribution < -0.4 is 16.6 Å². The number of carbonyl (C=O) groups is 3. The molecule has 0 saturated heterocycles. The molecule has 4 N–H and O–H groups in total. The van der Waals surface area contributed by atoms with Gasteiger partial charge in [0.25, 0.3) is 11.5 Å². The summed E-state index contributed by atoms with van der Waals surface area (Å²) >= 11 is 0. The van der Waals surface area contributed by atoms with Crippen LogP contribution in [0.3, 0.4) is 0 Å². The van der Waals surface area contributed by atoms with E-state index in [4.69, 9.17) is 10.8 Å². The molecule has 0 aromatic carbocycles. The molecular formula is C12H15N3O5. The first-order valence-corrected chi connectivity index (χ1v) is 5.80. The molecule has 1 atom stereocenters. The molecule has 1 aromatic rings. The first-order chi connectivity index (χ1) is 9.31. The van der Waals surface area contributed by atoms with Gasteiger partial charge in [0.15, 0.2) is 0 Å². The number of carboxylic acids is 1. The van der Waals surface area contributed by atoms with Crippen molar-refractivity contribution in [1.29, 1.82) is 0 Å². The summed E-state index contributed by atoms with van der Waals surface area (Å²) in [4.78, 5) is 44.8. The van der Waals surface area contributed by atoms with Gasteiger partial charge in [-0.15, -0.1) is 0 Å². The average Bonchev–Trinajstić information content (AvgIpc) is 2.36. The Balaban J connectivity index is 2.79. The van der Waals surface area contributed by atoms with Crippen molar-refractivity contribution in [2.45, 2.75) is 18.9 Å². The van der Waals surface area contributed by atoms with Crippen molar-refractivity contribution >= 4 is 17.8 Å². The monoisotopic (exact) mass is 281 g/mol. The maximum Gasteiger partial charge on any atom is 0.326 e. The van der Waals surface area contributed by atoms with Crippen molar-refractivity contribution in [2.24, 2.45) is 12.8 Å². The second-order valence-corrected chi connectivity index (χ2v) is 4.23. The molecule has 1 aromatic heterocycles. The van der Waals surface area contributed by atoms with Crippen LogP contribution in [0.2, 0.25) is 0 Å². The molecule has 0 aliphatic heterocycles. The van der Waals surface area contributed by atoms with E-state index in [9.17, 15) is 19.2 Å². The van der Waals surface area contributed by atoms with Crippen molar-refractivity contribution < 1.29 is 19.5 Å². The van der Waals surface area contributed by atoms with Crippen LogP contribution in [0.25, 0.3) is 0 Å². The number of aliphatic carboxylic acids is 1. The number of amides is 2. The quantitative estimate of drug-likeness (QED) is 0.604. The summed E-state index contributed by atoms with van der Waals surface area (Å²) in [6.07, 6.45) is 1.13. The van der Waals surface area contributed by atoms with Crippen LogP contribution in [0.5, 0.6) is 0 Å². The lowest BCUT2D eigenvalue weighted by atomic mass is 10.1. The number of aromatic nitrogens is 1. The van der Waals surface area contributed by atoms with Crippen molar-refractivity contribution in [2.75, 3.05) is 0 Å². The molecule has 0 bridgehead atoms. The molecule has 0 unspecified atom stereocenters. The number of nitrogens with zero attached hydrogens (tertiary/aromatic N) is 1. The first kappa shape index (κ1) is 15.4. The van der Waals surface area contributed by atoms with E-state index in [0.717, 1.165) is 6.07 Å². The Hall–Kier alpha value is -2.64. The standard InChI is InChI=1S/C12H15N3O5/c1-15-5-4-7(6-10(15)17)11(18)14-8(12(19)20)2-3-9(13)16/h4-6,8H,2-3H2,1H3,(H2,13,16)(H,14,18)(H,19,20)/t8-/m0/s1. The summed E-state index contributed by atoms with van der Waals surface area (Å²) < 4.78 is 1.28. The van der Waals surface area contributed by atoms with Gasteiger partial charge < -0.3 is 20.7 Å². The molecule has 8 nitrogen and oxygen atoms in total. The van der Waals surface area contributed by atoms with Crippen molar-refractivity contribution in [1.82, 2.24) is 9.88 Å². The second kappa shape index (κ2) is 6.50. The fourth-order valence-electron chi connectivity index (χ4n) is 1.48. The molecule has 0 fully saturated rings. The van der Waals surface area contributed by atoms with Gasteiger partial charge in [0.2, 0.25) is 5.91 Å². The third kappa shape index (κ3) is 4.23. The number of hydrogen-bond acceptors (Lipinski definition) is 4. The van der Waals surface area contributed by atoms with E-state index in [1.807, 2.05) is 0 Å². The fraction of sp³-hybridized carbons (Fsp3) is 0.333. The highest BCUT2D eigenvalue weighted by molar-refractivity contribution is 5.96. The molecule has 2 amide bonds. The van der Waals surface area contributed by atoms with Gasteiger partial charge in [-0.1, -0.05) is 0 Å². The zero-order valence-electron chi connectivity index (χ0n) is 10.8. The van der Waals surface area contributed by atoms with Crippen LogP contribution in [0.15, 0.2) is 23.1 Å². The number of rotatable bonds is 6. The predicted molar refractivity (Wildman–Crippen MR) is 69.0 cm³/mol. The number of carboxylic acid groups (broad SMARTS) is 1. The SMILES string of the molecule is Cn1ccc(C(=O)N[C@@H](CCC(N)=O)C(=O)O)cc1=O. The van der Waals surface area contributed by atoms with E-state index in [0.29, 0.717) is 0 Å². The lowest BCUT2D eigenvalue weighted by Gasteiger charge is -2.13. The molecule has 20 heavy (non-hydrogen) atoms. The molecule has 0 saturated carbocycles. The van der Waals surface area contributed by atoms with Gasteiger partial charge in [0.05, 0.1) is 0 Å². The van der Waals surface area contributed by atoms with Crippen molar-refractivity contribution in [3.8, 4) is 0 Å². The minimum atomic E-state index is -1.27. The van der Waals surface area contributed by atoms with E-state index >= 15 is 0 Å². The van der Waals surface area contributed by atoms with Gasteiger partial charge in [-0.05, 0) is 12.5 Å². The summed E-state index contributed by atoms with van der Waals surface area (Å²) in [5.41, 5.74) is 4.60. The van der Waals surface area contributed by atoms with Crippen molar-refractivity contribution in [3.05, 3.63) is 34.2 Å². The van der Waals surface area contributed by atoms with Gasteiger partial charge in [0, 0.05) is 31.3 Å². The summed E-state index contributed by atoms with van der Waals surface area (Å²) in [7, 11) is 1.52. The smallest absolute Gasteiger partial charge is 0.326 e. The lowest BCUT2D eigenvalue weighted by Crippen LogP contribution is -2.41. The maximum atomic E-state index is 11.8. The van der Waals surface area contributed by atoms with E-state index in [2.05, 4.69) is 5.32 Å². The number of primary amides is 1. The number of nitrogens with two attached hydrogens (primary N) is 1. The molecule has 8 heteroatoms. The van der Waals surface area contributed by atoms with Crippen LogP contribution in [0.4, 0.5) is 0 Å². The van der Waals surface area contributed by atoms with Crippen LogP contribution in [0.1, 0.15) is 23.2 Å². The minimum Gasteiger partial charge on any atom is -0.480 e. The number of aryl methyl sites for hydroxylation is 1. The van der Waals surface area contributed by atoms with E-state index < -0.39 is 23.8 Å². The Morgan fingerprint density at radius 2 is 2.10 bits per heavy atom. The average molecular weight is 281 g/mol. The van der Waals surface area contributed by atoms with Gasteiger partial charge in [-0.2, -0.15) is 0 Å². The largest absolute Gasteiger partial charge is 0.480 e. The van der Waals surface area contributed by atoms with Gasteiger partial charge in [-0.3, -0.25) is 14.4 Å². The maximum absolute atomic E-state index is 11.8. The normalized spacial score (nSPS) is 11.7. The van der Waals surface area contributed by atoms with E-state index in [-0.39, 0.29) is 24.0 Å². The van der Waals surface area contributed by atoms with E-state index in [1.54, 1.807) is 0 Å². The third-order valence-electron chi connectivity index (χ3n) is 2.65. The lowest BCUT2D eigenvalue weighted by molar-refractivity contribution is -0.139. The molecule has 0 aliphatic rings. The number of hydrogen-bond donors (Lipinski definition) is 3. The Morgan fingerprint density at radius 1 is 1.45 bits per heavy atom. The number of nitrogens with one attached hydrogen (secondary N) is 1. The number of carbonyl (C=O) groups excluding carboxylic acids is 2. The zero-order valence-corrected chi connectivity index (χ0v) is 10.8. The molecule has 0 radical (unpaired) electrons. The van der Waals surface area contributed by atoms with Gasteiger partial charge in [-0.25, -0.2) is 4.79 Å². The van der Waals surface area contributed by atoms with Crippen LogP contribution in [-0.4, -0.2) is 33.5 Å². The fourth-order valence-corrected chi connectivity index (χ4v) is 1.48. The Bertz CT molecular complexity index is 593. The molecule has 0 spiro atoms. The molecular weight excluding hydrogens is 266 g/mol. The topological polar surface area (TPSA) is 131 Å². The predicted octanol–water partition coefficient (Wildman–Crippen LogP) is -1.17. The minimum absolute atomic E-state index is 0.0541. The van der Waals surface area contributed by atoms with Crippen LogP contribution in [-0.2, 0) is 16.6 Å². The summed E-state index contributed by atoms with van der Waals surface area (Å²) in [5, 5.41) is 11.2. The highest BCUT2D eigenvalue weighted by atomic mass is 16.4. The summed E-state index contributed by atoms with van der Waals surface area (Å²) in [6, 6.07) is 1.26. The zero-order chi connectivity index (χ0) is 15.3. The highest BCUT2D eigenvalue weighted by Gasteiger charge is 2.21. The highest BCUT2D eigenvalue weighted by Crippen LogP contribution is 2.01. The van der Waals surface area contributed by atoms with Gasteiger partial charge in [0.1, 0.15) is 6.04 Å². The van der Waals surface area contributed by atoms with E-state index in [1.165, 1.54) is 23.9 Å². The summed E-state index contributed by atoms with van der Waals surface area (Å²) in [6.45, 7) is 0. The van der Waals surface area contributed by atoms with Crippen molar-refractivity contribution in [3.63, 3.8) is 0 Å². The first-order valence-electron chi connectivity index (χ1n) is 5.80. The molecule has 0 aliphatic carbocycles. The molecule has 1 rings (SSSR count). The Labute approximate surface area is 114 Å². The number of pyridine rings is 1. The van der Waals surface area contributed by atoms with Crippen LogP contribution in [0, 0.1) is 0 Å². The third-order valence-corrected chi connectivity index (χ3v) is 2.65. The molecule has 1 heterocycles.